The lowest BCUT2D eigenvalue weighted by atomic mass is 10.1. The molecule has 0 bridgehead atoms. The van der Waals surface area contributed by atoms with Gasteiger partial charge in [0.25, 0.3) is 0 Å². The van der Waals surface area contributed by atoms with Gasteiger partial charge in [0, 0.05) is 11.9 Å². The molecule has 76 valence electrons. The molecule has 3 nitrogen and oxygen atoms in total. The summed E-state index contributed by atoms with van der Waals surface area (Å²) >= 11 is 0. The molecule has 0 aliphatic heterocycles. The summed E-state index contributed by atoms with van der Waals surface area (Å²) in [5.41, 5.74) is 6.95. The van der Waals surface area contributed by atoms with Crippen molar-refractivity contribution < 1.29 is 0 Å². The second kappa shape index (κ2) is 3.31. The quantitative estimate of drug-likeness (QED) is 0.790. The van der Waals surface area contributed by atoms with Gasteiger partial charge in [0.15, 0.2) is 0 Å². The fourth-order valence-electron chi connectivity index (χ4n) is 1.53. The van der Waals surface area contributed by atoms with Crippen molar-refractivity contribution in [1.29, 1.82) is 0 Å². The van der Waals surface area contributed by atoms with Crippen LogP contribution in [0.15, 0.2) is 12.3 Å². The SMILES string of the molecule is CC(C)Cc1ccnc(C2(N)CC2)n1. The van der Waals surface area contributed by atoms with Crippen molar-refractivity contribution in [2.45, 2.75) is 38.6 Å². The zero-order chi connectivity index (χ0) is 10.2. The summed E-state index contributed by atoms with van der Waals surface area (Å²) in [4.78, 5) is 8.75. The highest BCUT2D eigenvalue weighted by atomic mass is 15.0. The molecule has 0 radical (unpaired) electrons. The molecule has 14 heavy (non-hydrogen) atoms. The first kappa shape index (κ1) is 9.59. The summed E-state index contributed by atoms with van der Waals surface area (Å²) in [6.45, 7) is 4.38. The highest BCUT2D eigenvalue weighted by Gasteiger charge is 2.42. The molecule has 2 rings (SSSR count). The molecular weight excluding hydrogens is 174 g/mol. The van der Waals surface area contributed by atoms with E-state index in [0.717, 1.165) is 30.8 Å². The molecule has 1 aliphatic carbocycles. The Morgan fingerprint density at radius 3 is 2.79 bits per heavy atom. The van der Waals surface area contributed by atoms with E-state index in [9.17, 15) is 0 Å². The molecule has 1 saturated carbocycles. The summed E-state index contributed by atoms with van der Waals surface area (Å²) in [6.07, 6.45) is 4.88. The van der Waals surface area contributed by atoms with E-state index >= 15 is 0 Å². The van der Waals surface area contributed by atoms with Gasteiger partial charge in [-0.1, -0.05) is 13.8 Å². The van der Waals surface area contributed by atoms with Crippen molar-refractivity contribution in [3.05, 3.63) is 23.8 Å². The Hall–Kier alpha value is -0.960. The van der Waals surface area contributed by atoms with Crippen LogP contribution >= 0.6 is 0 Å². The van der Waals surface area contributed by atoms with Gasteiger partial charge >= 0.3 is 0 Å². The first-order chi connectivity index (χ1) is 6.60. The standard InChI is InChI=1S/C11H17N3/c1-8(2)7-9-3-6-13-10(14-9)11(12)4-5-11/h3,6,8H,4-5,7,12H2,1-2H3. The summed E-state index contributed by atoms with van der Waals surface area (Å²) in [6, 6.07) is 1.98. The second-order valence-electron chi connectivity index (χ2n) is 4.63. The van der Waals surface area contributed by atoms with Gasteiger partial charge in [0.1, 0.15) is 5.82 Å². The van der Waals surface area contributed by atoms with E-state index in [1.807, 2.05) is 12.3 Å². The minimum atomic E-state index is -0.201. The summed E-state index contributed by atoms with van der Waals surface area (Å²) in [7, 11) is 0. The van der Waals surface area contributed by atoms with Gasteiger partial charge in [-0.3, -0.25) is 0 Å². The van der Waals surface area contributed by atoms with Crippen molar-refractivity contribution in [2.24, 2.45) is 11.7 Å². The lowest BCUT2D eigenvalue weighted by Gasteiger charge is -2.09. The van der Waals surface area contributed by atoms with Crippen LogP contribution in [0.1, 0.15) is 38.2 Å². The van der Waals surface area contributed by atoms with E-state index in [4.69, 9.17) is 5.73 Å². The van der Waals surface area contributed by atoms with Crippen molar-refractivity contribution in [2.75, 3.05) is 0 Å². The number of nitrogens with two attached hydrogens (primary N) is 1. The normalized spacial score (nSPS) is 18.6. The first-order valence-corrected chi connectivity index (χ1v) is 5.21. The van der Waals surface area contributed by atoms with Gasteiger partial charge in [-0.25, -0.2) is 9.97 Å². The average molecular weight is 191 g/mol. The number of hydrogen-bond acceptors (Lipinski definition) is 3. The molecule has 1 aromatic rings. The topological polar surface area (TPSA) is 51.8 Å². The maximum atomic E-state index is 6.04. The predicted molar refractivity (Wildman–Crippen MR) is 55.7 cm³/mol. The summed E-state index contributed by atoms with van der Waals surface area (Å²) < 4.78 is 0. The number of nitrogens with zero attached hydrogens (tertiary/aromatic N) is 2. The molecule has 0 atom stereocenters. The third-order valence-electron chi connectivity index (χ3n) is 2.56. The average Bonchev–Trinajstić information content (AvgIpc) is 2.84. The third-order valence-corrected chi connectivity index (χ3v) is 2.56. The molecule has 0 unspecified atom stereocenters. The Balaban J connectivity index is 2.19. The molecule has 1 aliphatic rings. The summed E-state index contributed by atoms with van der Waals surface area (Å²) in [5.74, 6) is 1.46. The number of rotatable bonds is 3. The minimum absolute atomic E-state index is 0.201. The van der Waals surface area contributed by atoms with Crippen LogP contribution in [-0.4, -0.2) is 9.97 Å². The van der Waals surface area contributed by atoms with Crippen molar-refractivity contribution in [3.63, 3.8) is 0 Å². The lowest BCUT2D eigenvalue weighted by Crippen LogP contribution is -2.22. The Morgan fingerprint density at radius 2 is 2.21 bits per heavy atom. The van der Waals surface area contributed by atoms with Gasteiger partial charge < -0.3 is 5.73 Å². The van der Waals surface area contributed by atoms with Gasteiger partial charge in [-0.15, -0.1) is 0 Å². The molecular formula is C11H17N3. The Kier molecular flexibility index (Phi) is 2.27. The van der Waals surface area contributed by atoms with Crippen LogP contribution in [0.4, 0.5) is 0 Å². The van der Waals surface area contributed by atoms with E-state index in [2.05, 4.69) is 23.8 Å². The molecule has 0 aromatic carbocycles. The minimum Gasteiger partial charge on any atom is -0.319 e. The third kappa shape index (κ3) is 1.93. The Labute approximate surface area is 84.8 Å². The fourth-order valence-corrected chi connectivity index (χ4v) is 1.53. The highest BCUT2D eigenvalue weighted by molar-refractivity contribution is 5.16. The van der Waals surface area contributed by atoms with Crippen LogP contribution in [0.3, 0.4) is 0 Å². The zero-order valence-corrected chi connectivity index (χ0v) is 8.83. The van der Waals surface area contributed by atoms with Gasteiger partial charge in [-0.05, 0) is 31.2 Å². The van der Waals surface area contributed by atoms with Crippen molar-refractivity contribution in [1.82, 2.24) is 9.97 Å². The lowest BCUT2D eigenvalue weighted by molar-refractivity contribution is 0.612. The van der Waals surface area contributed by atoms with Crippen molar-refractivity contribution >= 4 is 0 Å². The zero-order valence-electron chi connectivity index (χ0n) is 8.83. The Bertz CT molecular complexity index is 329. The van der Waals surface area contributed by atoms with E-state index in [1.165, 1.54) is 0 Å². The molecule has 2 N–H and O–H groups in total. The monoisotopic (exact) mass is 191 g/mol. The van der Waals surface area contributed by atoms with Crippen molar-refractivity contribution in [3.8, 4) is 0 Å². The molecule has 0 amide bonds. The fraction of sp³-hybridized carbons (Fsp3) is 0.636. The van der Waals surface area contributed by atoms with Crippen LogP contribution < -0.4 is 5.73 Å². The van der Waals surface area contributed by atoms with Crippen LogP contribution in [0.2, 0.25) is 0 Å². The highest BCUT2D eigenvalue weighted by Crippen LogP contribution is 2.40. The van der Waals surface area contributed by atoms with Crippen LogP contribution in [0, 0.1) is 5.92 Å². The molecule has 0 spiro atoms. The van der Waals surface area contributed by atoms with E-state index < -0.39 is 0 Å². The maximum absolute atomic E-state index is 6.04. The van der Waals surface area contributed by atoms with Crippen LogP contribution in [0.25, 0.3) is 0 Å². The number of hydrogen-bond donors (Lipinski definition) is 1. The summed E-state index contributed by atoms with van der Waals surface area (Å²) in [5, 5.41) is 0. The van der Waals surface area contributed by atoms with Gasteiger partial charge in [0.05, 0.1) is 5.54 Å². The van der Waals surface area contributed by atoms with Crippen LogP contribution in [-0.2, 0) is 12.0 Å². The first-order valence-electron chi connectivity index (χ1n) is 5.21. The Morgan fingerprint density at radius 1 is 1.50 bits per heavy atom. The van der Waals surface area contributed by atoms with Gasteiger partial charge in [-0.2, -0.15) is 0 Å². The number of aromatic nitrogens is 2. The van der Waals surface area contributed by atoms with Crippen LogP contribution in [0.5, 0.6) is 0 Å². The van der Waals surface area contributed by atoms with E-state index in [1.54, 1.807) is 0 Å². The largest absolute Gasteiger partial charge is 0.319 e. The van der Waals surface area contributed by atoms with E-state index in [0.29, 0.717) is 5.92 Å². The predicted octanol–water partition coefficient (Wildman–Crippen LogP) is 1.62. The molecule has 0 saturated heterocycles. The molecule has 3 heteroatoms. The smallest absolute Gasteiger partial charge is 0.148 e. The maximum Gasteiger partial charge on any atom is 0.148 e. The van der Waals surface area contributed by atoms with Gasteiger partial charge in [0.2, 0.25) is 0 Å². The second-order valence-corrected chi connectivity index (χ2v) is 4.63. The molecule has 1 fully saturated rings. The molecule has 1 aromatic heterocycles. The van der Waals surface area contributed by atoms with E-state index in [-0.39, 0.29) is 5.54 Å². The molecule has 1 heterocycles.